The molecule has 116 valence electrons. The van der Waals surface area contributed by atoms with Crippen LogP contribution < -0.4 is 5.73 Å². The maximum atomic E-state index is 6.10. The number of hydrogen-bond donors (Lipinski definition) is 1. The summed E-state index contributed by atoms with van der Waals surface area (Å²) < 4.78 is 0. The van der Waals surface area contributed by atoms with E-state index >= 15 is 0 Å². The Hall–Kier alpha value is -0.380. The van der Waals surface area contributed by atoms with Crippen molar-refractivity contribution in [3.05, 3.63) is 22.4 Å². The Morgan fingerprint density at radius 1 is 1.30 bits per heavy atom. The zero-order valence-corrected chi connectivity index (χ0v) is 14.5. The summed E-state index contributed by atoms with van der Waals surface area (Å²) in [5.41, 5.74) is 6.21. The van der Waals surface area contributed by atoms with E-state index in [1.165, 1.54) is 43.4 Å². The van der Waals surface area contributed by atoms with E-state index in [1.54, 1.807) is 0 Å². The number of hydrogen-bond acceptors (Lipinski definition) is 3. The third-order valence-electron chi connectivity index (χ3n) is 4.65. The van der Waals surface area contributed by atoms with Crippen LogP contribution >= 0.6 is 11.3 Å². The molecule has 0 saturated carbocycles. The molecule has 0 fully saturated rings. The van der Waals surface area contributed by atoms with Gasteiger partial charge in [0.2, 0.25) is 0 Å². The zero-order valence-electron chi connectivity index (χ0n) is 13.7. The molecule has 3 heteroatoms. The molecule has 2 nitrogen and oxygen atoms in total. The van der Waals surface area contributed by atoms with Crippen LogP contribution in [0.5, 0.6) is 0 Å². The van der Waals surface area contributed by atoms with Crippen molar-refractivity contribution in [2.45, 2.75) is 70.9 Å². The third kappa shape index (κ3) is 4.87. The quantitative estimate of drug-likeness (QED) is 0.627. The summed E-state index contributed by atoms with van der Waals surface area (Å²) >= 11 is 1.84. The lowest BCUT2D eigenvalue weighted by Crippen LogP contribution is -2.50. The molecule has 1 aromatic rings. The van der Waals surface area contributed by atoms with Crippen molar-refractivity contribution in [3.63, 3.8) is 0 Å². The second-order valence-corrected chi connectivity index (χ2v) is 7.15. The van der Waals surface area contributed by atoms with Gasteiger partial charge in [-0.05, 0) is 38.8 Å². The Morgan fingerprint density at radius 3 is 2.55 bits per heavy atom. The molecule has 0 aliphatic heterocycles. The van der Waals surface area contributed by atoms with E-state index in [0.29, 0.717) is 6.04 Å². The Bertz CT molecular complexity index is 350. The summed E-state index contributed by atoms with van der Waals surface area (Å²) in [6.45, 7) is 7.60. The van der Waals surface area contributed by atoms with Crippen LogP contribution in [0.15, 0.2) is 17.5 Å². The lowest BCUT2D eigenvalue weighted by atomic mass is 9.91. The molecule has 0 spiro atoms. The van der Waals surface area contributed by atoms with Crippen LogP contribution in [-0.4, -0.2) is 24.0 Å². The highest BCUT2D eigenvalue weighted by molar-refractivity contribution is 7.10. The molecule has 0 saturated heterocycles. The molecule has 2 atom stereocenters. The first-order chi connectivity index (χ1) is 9.55. The van der Waals surface area contributed by atoms with E-state index in [1.807, 2.05) is 11.3 Å². The molecule has 1 aromatic heterocycles. The maximum Gasteiger partial charge on any atom is 0.0416 e. The normalized spacial score (nSPS) is 16.3. The number of thiophene rings is 1. The van der Waals surface area contributed by atoms with Crippen LogP contribution in [0.4, 0.5) is 0 Å². The third-order valence-corrected chi connectivity index (χ3v) is 5.69. The van der Waals surface area contributed by atoms with E-state index in [-0.39, 0.29) is 5.54 Å². The maximum absolute atomic E-state index is 6.10. The molecular formula is C17H32N2S. The number of nitrogens with two attached hydrogens (primary N) is 1. The minimum absolute atomic E-state index is 0.107. The molecule has 0 aliphatic carbocycles. The fraction of sp³-hybridized carbons (Fsp3) is 0.765. The van der Waals surface area contributed by atoms with Crippen LogP contribution in [0.1, 0.15) is 70.2 Å². The smallest absolute Gasteiger partial charge is 0.0416 e. The van der Waals surface area contributed by atoms with Crippen molar-refractivity contribution in [3.8, 4) is 0 Å². The molecular weight excluding hydrogens is 264 g/mol. The Labute approximate surface area is 129 Å². The number of unbranched alkanes of at least 4 members (excludes halogenated alkanes) is 4. The van der Waals surface area contributed by atoms with Gasteiger partial charge in [-0.1, -0.05) is 45.1 Å². The van der Waals surface area contributed by atoms with Gasteiger partial charge in [0.15, 0.2) is 0 Å². The predicted octanol–water partition coefficient (Wildman–Crippen LogP) is 4.82. The van der Waals surface area contributed by atoms with Crippen molar-refractivity contribution in [1.29, 1.82) is 0 Å². The molecule has 0 aromatic carbocycles. The summed E-state index contributed by atoms with van der Waals surface area (Å²) in [5.74, 6) is 0. The van der Waals surface area contributed by atoms with Crippen LogP contribution in [-0.2, 0) is 0 Å². The monoisotopic (exact) mass is 296 g/mol. The summed E-state index contributed by atoms with van der Waals surface area (Å²) in [5, 5.41) is 2.16. The zero-order chi connectivity index (χ0) is 15.0. The first kappa shape index (κ1) is 17.7. The molecule has 0 aliphatic rings. The summed E-state index contributed by atoms with van der Waals surface area (Å²) in [6, 6.07) is 4.80. The SMILES string of the molecule is CCCCCCCC(C)(CN)N(C)C(C)c1cccs1. The van der Waals surface area contributed by atoms with Gasteiger partial charge in [0.1, 0.15) is 0 Å². The minimum Gasteiger partial charge on any atom is -0.329 e. The fourth-order valence-corrected chi connectivity index (χ4v) is 3.55. The topological polar surface area (TPSA) is 29.3 Å². The molecule has 0 bridgehead atoms. The number of rotatable bonds is 10. The molecule has 0 amide bonds. The summed E-state index contributed by atoms with van der Waals surface area (Å²) in [6.07, 6.45) is 7.85. The largest absolute Gasteiger partial charge is 0.329 e. The summed E-state index contributed by atoms with van der Waals surface area (Å²) in [4.78, 5) is 3.90. The van der Waals surface area contributed by atoms with Gasteiger partial charge in [-0.2, -0.15) is 0 Å². The lowest BCUT2D eigenvalue weighted by Gasteiger charge is -2.42. The molecule has 0 radical (unpaired) electrons. The van der Waals surface area contributed by atoms with E-state index in [4.69, 9.17) is 5.73 Å². The van der Waals surface area contributed by atoms with Gasteiger partial charge in [-0.3, -0.25) is 4.90 Å². The molecule has 2 unspecified atom stereocenters. The Kier molecular flexibility index (Phi) is 7.78. The van der Waals surface area contributed by atoms with Crippen molar-refractivity contribution >= 4 is 11.3 Å². The highest BCUT2D eigenvalue weighted by atomic mass is 32.1. The highest BCUT2D eigenvalue weighted by Crippen LogP contribution is 2.31. The van der Waals surface area contributed by atoms with E-state index in [0.717, 1.165) is 6.54 Å². The van der Waals surface area contributed by atoms with Gasteiger partial charge in [-0.25, -0.2) is 0 Å². The minimum atomic E-state index is 0.107. The summed E-state index contributed by atoms with van der Waals surface area (Å²) in [7, 11) is 2.23. The average Bonchev–Trinajstić information content (AvgIpc) is 2.99. The molecule has 20 heavy (non-hydrogen) atoms. The molecule has 1 heterocycles. The second-order valence-electron chi connectivity index (χ2n) is 6.17. The van der Waals surface area contributed by atoms with Crippen LogP contribution in [0.3, 0.4) is 0 Å². The van der Waals surface area contributed by atoms with Crippen LogP contribution in [0.2, 0.25) is 0 Å². The number of nitrogens with zero attached hydrogens (tertiary/aromatic N) is 1. The van der Waals surface area contributed by atoms with E-state index < -0.39 is 0 Å². The van der Waals surface area contributed by atoms with Gasteiger partial charge < -0.3 is 5.73 Å². The van der Waals surface area contributed by atoms with E-state index in [2.05, 4.69) is 50.2 Å². The first-order valence-electron chi connectivity index (χ1n) is 8.01. The van der Waals surface area contributed by atoms with Crippen molar-refractivity contribution < 1.29 is 0 Å². The lowest BCUT2D eigenvalue weighted by molar-refractivity contribution is 0.0906. The van der Waals surface area contributed by atoms with Gasteiger partial charge in [0.05, 0.1) is 0 Å². The number of likely N-dealkylation sites (N-methyl/N-ethyl adjacent to an activating group) is 1. The van der Waals surface area contributed by atoms with Gasteiger partial charge in [0.25, 0.3) is 0 Å². The second kappa shape index (κ2) is 8.81. The fourth-order valence-electron chi connectivity index (χ4n) is 2.72. The molecule has 1 rings (SSSR count). The average molecular weight is 297 g/mol. The highest BCUT2D eigenvalue weighted by Gasteiger charge is 2.31. The van der Waals surface area contributed by atoms with Crippen molar-refractivity contribution in [2.24, 2.45) is 5.73 Å². The van der Waals surface area contributed by atoms with E-state index in [9.17, 15) is 0 Å². The standard InChI is InChI=1S/C17H32N2S/c1-5-6-7-8-9-12-17(3,14-18)19(4)15(2)16-11-10-13-20-16/h10-11,13,15H,5-9,12,14,18H2,1-4H3. The van der Waals surface area contributed by atoms with Gasteiger partial charge >= 0.3 is 0 Å². The predicted molar refractivity (Wildman–Crippen MR) is 91.3 cm³/mol. The Balaban J connectivity index is 2.53. The van der Waals surface area contributed by atoms with Crippen LogP contribution in [0.25, 0.3) is 0 Å². The van der Waals surface area contributed by atoms with Crippen LogP contribution in [0, 0.1) is 0 Å². The Morgan fingerprint density at radius 2 is 2.00 bits per heavy atom. The van der Waals surface area contributed by atoms with Crippen molar-refractivity contribution in [1.82, 2.24) is 4.90 Å². The van der Waals surface area contributed by atoms with Gasteiger partial charge in [0, 0.05) is 23.0 Å². The first-order valence-corrected chi connectivity index (χ1v) is 8.89. The van der Waals surface area contributed by atoms with Crippen molar-refractivity contribution in [2.75, 3.05) is 13.6 Å². The van der Waals surface area contributed by atoms with Gasteiger partial charge in [-0.15, -0.1) is 11.3 Å². The molecule has 2 N–H and O–H groups in total.